The summed E-state index contributed by atoms with van der Waals surface area (Å²) in [5.74, 6) is 0.224. The summed E-state index contributed by atoms with van der Waals surface area (Å²) in [5, 5.41) is 2.86. The van der Waals surface area contributed by atoms with Gasteiger partial charge in [-0.3, -0.25) is 0 Å². The fourth-order valence-corrected chi connectivity index (χ4v) is 2.02. The molecule has 0 unspecified atom stereocenters. The van der Waals surface area contributed by atoms with E-state index in [1.807, 2.05) is 20.8 Å². The first kappa shape index (κ1) is 19.8. The minimum absolute atomic E-state index is 0.0218. The summed E-state index contributed by atoms with van der Waals surface area (Å²) in [6, 6.07) is 6.97. The van der Waals surface area contributed by atoms with E-state index in [4.69, 9.17) is 9.47 Å². The molecule has 0 bridgehead atoms. The molecule has 0 saturated carbocycles. The summed E-state index contributed by atoms with van der Waals surface area (Å²) in [5.41, 5.74) is -0.699. The van der Waals surface area contributed by atoms with Crippen molar-refractivity contribution >= 4 is 11.6 Å². The predicted octanol–water partition coefficient (Wildman–Crippen LogP) is 5.21. The molecule has 5 nitrogen and oxygen atoms in total. The lowest BCUT2D eigenvalue weighted by molar-refractivity contribution is -0.139. The van der Waals surface area contributed by atoms with Crippen LogP contribution in [-0.2, 0) is 6.18 Å². The number of halogens is 3. The van der Waals surface area contributed by atoms with E-state index in [-0.39, 0.29) is 18.2 Å². The SMILES string of the molecule is CCCOc1nc(Nc2ccc(OC(C)(C)C)cc2)ncc1C(F)(F)F. The number of anilines is 2. The average molecular weight is 369 g/mol. The van der Waals surface area contributed by atoms with E-state index in [9.17, 15) is 13.2 Å². The molecule has 142 valence electrons. The van der Waals surface area contributed by atoms with Gasteiger partial charge in [-0.2, -0.15) is 18.2 Å². The predicted molar refractivity (Wildman–Crippen MR) is 92.9 cm³/mol. The minimum atomic E-state index is -4.58. The molecule has 0 amide bonds. The fourth-order valence-electron chi connectivity index (χ4n) is 2.02. The maximum Gasteiger partial charge on any atom is 0.423 e. The van der Waals surface area contributed by atoms with Gasteiger partial charge in [0, 0.05) is 11.9 Å². The highest BCUT2D eigenvalue weighted by Gasteiger charge is 2.36. The van der Waals surface area contributed by atoms with Crippen LogP contribution in [0.5, 0.6) is 11.6 Å². The van der Waals surface area contributed by atoms with E-state index in [0.717, 1.165) is 6.20 Å². The maximum atomic E-state index is 13.0. The first-order valence-corrected chi connectivity index (χ1v) is 8.21. The van der Waals surface area contributed by atoms with Crippen LogP contribution >= 0.6 is 0 Å². The molecule has 0 atom stereocenters. The van der Waals surface area contributed by atoms with Crippen LogP contribution in [0.1, 0.15) is 39.7 Å². The van der Waals surface area contributed by atoms with Crippen LogP contribution in [0.15, 0.2) is 30.5 Å². The van der Waals surface area contributed by atoms with Crippen LogP contribution in [-0.4, -0.2) is 22.2 Å². The summed E-state index contributed by atoms with van der Waals surface area (Å²) < 4.78 is 49.9. The molecule has 0 radical (unpaired) electrons. The highest BCUT2D eigenvalue weighted by molar-refractivity contribution is 5.55. The Morgan fingerprint density at radius 3 is 2.27 bits per heavy atom. The summed E-state index contributed by atoms with van der Waals surface area (Å²) in [4.78, 5) is 7.60. The Bertz CT molecular complexity index is 726. The largest absolute Gasteiger partial charge is 0.488 e. The van der Waals surface area contributed by atoms with E-state index < -0.39 is 17.6 Å². The molecule has 0 aliphatic carbocycles. The molecule has 26 heavy (non-hydrogen) atoms. The second kappa shape index (κ2) is 7.80. The van der Waals surface area contributed by atoms with E-state index in [1.54, 1.807) is 31.2 Å². The van der Waals surface area contributed by atoms with Crippen molar-refractivity contribution in [1.29, 1.82) is 0 Å². The van der Waals surface area contributed by atoms with Crippen molar-refractivity contribution in [2.75, 3.05) is 11.9 Å². The quantitative estimate of drug-likeness (QED) is 0.758. The third-order valence-corrected chi connectivity index (χ3v) is 3.04. The molecule has 0 spiro atoms. The Kier molecular flexibility index (Phi) is 5.94. The van der Waals surface area contributed by atoms with Crippen molar-refractivity contribution in [3.8, 4) is 11.6 Å². The third kappa shape index (κ3) is 5.79. The average Bonchev–Trinajstić information content (AvgIpc) is 2.52. The van der Waals surface area contributed by atoms with Crippen LogP contribution in [0, 0.1) is 0 Å². The zero-order valence-electron chi connectivity index (χ0n) is 15.1. The molecule has 1 N–H and O–H groups in total. The molecule has 1 aromatic heterocycles. The molecule has 0 saturated heterocycles. The first-order valence-electron chi connectivity index (χ1n) is 8.21. The van der Waals surface area contributed by atoms with Gasteiger partial charge in [0.05, 0.1) is 6.61 Å². The van der Waals surface area contributed by atoms with Gasteiger partial charge in [0.15, 0.2) is 0 Å². The van der Waals surface area contributed by atoms with Crippen LogP contribution < -0.4 is 14.8 Å². The number of hydrogen-bond donors (Lipinski definition) is 1. The Labute approximate surface area is 150 Å². The molecule has 1 heterocycles. The Morgan fingerprint density at radius 1 is 1.08 bits per heavy atom. The molecule has 2 rings (SSSR count). The van der Waals surface area contributed by atoms with Gasteiger partial charge >= 0.3 is 6.18 Å². The monoisotopic (exact) mass is 369 g/mol. The molecule has 0 aliphatic rings. The molecule has 0 aliphatic heterocycles. The van der Waals surface area contributed by atoms with E-state index >= 15 is 0 Å². The van der Waals surface area contributed by atoms with Gasteiger partial charge < -0.3 is 14.8 Å². The van der Waals surface area contributed by atoms with Gasteiger partial charge in [-0.25, -0.2) is 4.98 Å². The number of rotatable bonds is 6. The normalized spacial score (nSPS) is 12.0. The molecule has 0 fully saturated rings. The third-order valence-electron chi connectivity index (χ3n) is 3.04. The van der Waals surface area contributed by atoms with E-state index in [2.05, 4.69) is 15.3 Å². The molecule has 2 aromatic rings. The van der Waals surface area contributed by atoms with Crippen LogP contribution in [0.3, 0.4) is 0 Å². The van der Waals surface area contributed by atoms with Crippen molar-refractivity contribution in [3.05, 3.63) is 36.0 Å². The highest BCUT2D eigenvalue weighted by Crippen LogP contribution is 2.35. The highest BCUT2D eigenvalue weighted by atomic mass is 19.4. The summed E-state index contributed by atoms with van der Waals surface area (Å²) >= 11 is 0. The minimum Gasteiger partial charge on any atom is -0.488 e. The molecule has 8 heteroatoms. The number of nitrogens with zero attached hydrogens (tertiary/aromatic N) is 2. The van der Waals surface area contributed by atoms with Gasteiger partial charge in [0.25, 0.3) is 0 Å². The Balaban J connectivity index is 2.18. The second-order valence-corrected chi connectivity index (χ2v) is 6.62. The molecular formula is C18H22F3N3O2. The van der Waals surface area contributed by atoms with Gasteiger partial charge in [-0.1, -0.05) is 6.92 Å². The maximum absolute atomic E-state index is 13.0. The van der Waals surface area contributed by atoms with Crippen molar-refractivity contribution < 1.29 is 22.6 Å². The summed E-state index contributed by atoms with van der Waals surface area (Å²) in [6.07, 6.45) is -3.29. The zero-order chi connectivity index (χ0) is 19.4. The van der Waals surface area contributed by atoms with E-state index in [1.165, 1.54) is 0 Å². The lowest BCUT2D eigenvalue weighted by atomic mass is 10.2. The number of nitrogens with one attached hydrogen (secondary N) is 1. The van der Waals surface area contributed by atoms with Gasteiger partial charge in [-0.05, 0) is 51.5 Å². The summed E-state index contributed by atoms with van der Waals surface area (Å²) in [7, 11) is 0. The van der Waals surface area contributed by atoms with Crippen molar-refractivity contribution in [3.63, 3.8) is 0 Å². The number of ether oxygens (including phenoxy) is 2. The molecular weight excluding hydrogens is 347 g/mol. The van der Waals surface area contributed by atoms with Crippen molar-refractivity contribution in [2.24, 2.45) is 0 Å². The van der Waals surface area contributed by atoms with Crippen molar-refractivity contribution in [2.45, 2.75) is 45.9 Å². The van der Waals surface area contributed by atoms with Crippen molar-refractivity contribution in [1.82, 2.24) is 9.97 Å². The standard InChI is InChI=1S/C18H22F3N3O2/c1-5-10-25-15-14(18(19,20)21)11-22-16(24-15)23-12-6-8-13(9-7-12)26-17(2,3)4/h6-9,11H,5,10H2,1-4H3,(H,22,23,24). The van der Waals surface area contributed by atoms with Gasteiger partial charge in [0.2, 0.25) is 11.8 Å². The van der Waals surface area contributed by atoms with Gasteiger partial charge in [0.1, 0.15) is 16.9 Å². The number of benzene rings is 1. The van der Waals surface area contributed by atoms with Gasteiger partial charge in [-0.15, -0.1) is 0 Å². The summed E-state index contributed by atoms with van der Waals surface area (Å²) in [6.45, 7) is 7.75. The van der Waals surface area contributed by atoms with Crippen LogP contribution in [0.2, 0.25) is 0 Å². The fraction of sp³-hybridized carbons (Fsp3) is 0.444. The lowest BCUT2D eigenvalue weighted by Crippen LogP contribution is -2.22. The topological polar surface area (TPSA) is 56.3 Å². The Hall–Kier alpha value is -2.51. The van der Waals surface area contributed by atoms with E-state index in [0.29, 0.717) is 17.9 Å². The number of hydrogen-bond acceptors (Lipinski definition) is 5. The smallest absolute Gasteiger partial charge is 0.423 e. The lowest BCUT2D eigenvalue weighted by Gasteiger charge is -2.21. The second-order valence-electron chi connectivity index (χ2n) is 6.62. The number of alkyl halides is 3. The number of aromatic nitrogens is 2. The molecule has 1 aromatic carbocycles. The Morgan fingerprint density at radius 2 is 1.73 bits per heavy atom. The van der Waals surface area contributed by atoms with Crippen LogP contribution in [0.25, 0.3) is 0 Å². The zero-order valence-corrected chi connectivity index (χ0v) is 15.1. The first-order chi connectivity index (χ1) is 12.1. The van der Waals surface area contributed by atoms with Crippen LogP contribution in [0.4, 0.5) is 24.8 Å².